The van der Waals surface area contributed by atoms with Gasteiger partial charge < -0.3 is 5.32 Å². The van der Waals surface area contributed by atoms with E-state index in [1.54, 1.807) is 31.2 Å². The van der Waals surface area contributed by atoms with Crippen molar-refractivity contribution in [1.82, 2.24) is 4.98 Å². The summed E-state index contributed by atoms with van der Waals surface area (Å²) in [7, 11) is -3.94. The van der Waals surface area contributed by atoms with Crippen LogP contribution in [0.4, 0.5) is 15.9 Å². The van der Waals surface area contributed by atoms with E-state index in [0.717, 1.165) is 12.1 Å². The summed E-state index contributed by atoms with van der Waals surface area (Å²) >= 11 is 0. The number of aromatic nitrogens is 1. The van der Waals surface area contributed by atoms with E-state index in [1.165, 1.54) is 30.5 Å². The lowest BCUT2D eigenvalue weighted by Gasteiger charge is -2.11. The molecule has 0 aliphatic carbocycles. The lowest BCUT2D eigenvalue weighted by atomic mass is 10.1. The molecule has 3 aromatic rings. The first-order valence-electron chi connectivity index (χ1n) is 7.96. The minimum absolute atomic E-state index is 0.0800. The van der Waals surface area contributed by atoms with Crippen LogP contribution in [0.25, 0.3) is 0 Å². The van der Waals surface area contributed by atoms with Crippen molar-refractivity contribution < 1.29 is 17.6 Å². The molecule has 0 aliphatic heterocycles. The highest BCUT2D eigenvalue weighted by atomic mass is 32.2. The van der Waals surface area contributed by atoms with Crippen molar-refractivity contribution in [2.75, 3.05) is 10.0 Å². The van der Waals surface area contributed by atoms with E-state index in [0.29, 0.717) is 11.4 Å². The number of nitrogens with zero attached hydrogens (tertiary/aromatic N) is 1. The Morgan fingerprint density at radius 1 is 1.04 bits per heavy atom. The molecule has 6 nitrogen and oxygen atoms in total. The highest BCUT2D eigenvalue weighted by Crippen LogP contribution is 2.20. The Bertz CT molecular complexity index is 1070. The van der Waals surface area contributed by atoms with Gasteiger partial charge in [-0.25, -0.2) is 17.8 Å². The molecule has 2 N–H and O–H groups in total. The van der Waals surface area contributed by atoms with E-state index in [1.807, 2.05) is 0 Å². The molecule has 1 amide bonds. The van der Waals surface area contributed by atoms with Crippen molar-refractivity contribution in [1.29, 1.82) is 0 Å². The van der Waals surface area contributed by atoms with E-state index in [9.17, 15) is 17.6 Å². The first kappa shape index (κ1) is 18.5. The second kappa shape index (κ2) is 7.55. The molecule has 138 valence electrons. The number of benzene rings is 2. The minimum atomic E-state index is -3.94. The van der Waals surface area contributed by atoms with E-state index >= 15 is 0 Å². The van der Waals surface area contributed by atoms with Crippen LogP contribution in [0.15, 0.2) is 71.8 Å². The van der Waals surface area contributed by atoms with Gasteiger partial charge in [0, 0.05) is 17.4 Å². The Morgan fingerprint density at radius 2 is 1.78 bits per heavy atom. The summed E-state index contributed by atoms with van der Waals surface area (Å²) < 4.78 is 40.5. The number of amides is 1. The number of nitrogens with one attached hydrogen (secondary N) is 2. The van der Waals surface area contributed by atoms with Crippen LogP contribution >= 0.6 is 0 Å². The summed E-state index contributed by atoms with van der Waals surface area (Å²) in [5, 5.41) is 2.63. The molecule has 0 saturated carbocycles. The first-order valence-corrected chi connectivity index (χ1v) is 9.45. The second-order valence-corrected chi connectivity index (χ2v) is 7.44. The van der Waals surface area contributed by atoms with Crippen molar-refractivity contribution in [2.24, 2.45) is 0 Å². The van der Waals surface area contributed by atoms with Crippen molar-refractivity contribution >= 4 is 27.4 Å². The minimum Gasteiger partial charge on any atom is -0.307 e. The van der Waals surface area contributed by atoms with Crippen LogP contribution in [0, 0.1) is 12.7 Å². The molecule has 0 fully saturated rings. The molecule has 0 saturated heterocycles. The van der Waals surface area contributed by atoms with Gasteiger partial charge in [0.1, 0.15) is 11.6 Å². The maximum Gasteiger partial charge on any atom is 0.261 e. The number of hydrogen-bond donors (Lipinski definition) is 2. The predicted octanol–water partition coefficient (Wildman–Crippen LogP) is 3.58. The number of aryl methyl sites for hydroxylation is 1. The molecule has 1 heterocycles. The van der Waals surface area contributed by atoms with Gasteiger partial charge in [0.05, 0.1) is 4.90 Å². The average molecular weight is 385 g/mol. The van der Waals surface area contributed by atoms with Crippen LogP contribution in [0.1, 0.15) is 15.9 Å². The molecule has 0 atom stereocenters. The number of anilines is 2. The average Bonchev–Trinajstić information content (AvgIpc) is 2.64. The van der Waals surface area contributed by atoms with Crippen LogP contribution in [0.3, 0.4) is 0 Å². The molecule has 0 aliphatic rings. The molecule has 8 heteroatoms. The van der Waals surface area contributed by atoms with Gasteiger partial charge >= 0.3 is 0 Å². The molecule has 1 aromatic heterocycles. The molecule has 0 unspecified atom stereocenters. The zero-order chi connectivity index (χ0) is 19.4. The molecular weight excluding hydrogens is 369 g/mol. The van der Waals surface area contributed by atoms with E-state index in [-0.39, 0.29) is 16.1 Å². The Labute approximate surface area is 156 Å². The van der Waals surface area contributed by atoms with E-state index < -0.39 is 21.7 Å². The SMILES string of the molecule is Cc1ccc(S(=O)(=O)Nc2ccc(F)cc2)cc1C(=O)Nc1ccccn1. The van der Waals surface area contributed by atoms with E-state index in [2.05, 4.69) is 15.0 Å². The Kier molecular flexibility index (Phi) is 5.18. The second-order valence-electron chi connectivity index (χ2n) is 5.76. The Morgan fingerprint density at radius 3 is 2.44 bits per heavy atom. The number of carbonyl (C=O) groups excluding carboxylic acids is 1. The number of sulfonamides is 1. The summed E-state index contributed by atoms with van der Waals surface area (Å²) in [5.74, 6) is -0.577. The molecular formula is C19H16FN3O3S. The topological polar surface area (TPSA) is 88.2 Å². The van der Waals surface area contributed by atoms with Gasteiger partial charge in [0.15, 0.2) is 0 Å². The lowest BCUT2D eigenvalue weighted by Crippen LogP contribution is -2.17. The molecule has 0 spiro atoms. The van der Waals surface area contributed by atoms with Gasteiger partial charge in [-0.15, -0.1) is 0 Å². The summed E-state index contributed by atoms with van der Waals surface area (Å²) in [6, 6.07) is 14.2. The highest BCUT2D eigenvalue weighted by molar-refractivity contribution is 7.92. The molecule has 27 heavy (non-hydrogen) atoms. The summed E-state index contributed by atoms with van der Waals surface area (Å²) in [5.41, 5.74) is 1.04. The fourth-order valence-electron chi connectivity index (χ4n) is 2.37. The van der Waals surface area contributed by atoms with Crippen LogP contribution in [-0.4, -0.2) is 19.3 Å². The number of halogens is 1. The summed E-state index contributed by atoms with van der Waals surface area (Å²) in [6.07, 6.45) is 1.54. The summed E-state index contributed by atoms with van der Waals surface area (Å²) in [6.45, 7) is 1.71. The number of pyridine rings is 1. The van der Waals surface area contributed by atoms with Crippen molar-refractivity contribution in [3.05, 3.63) is 83.8 Å². The smallest absolute Gasteiger partial charge is 0.261 e. The predicted molar refractivity (Wildman–Crippen MR) is 101 cm³/mol. The van der Waals surface area contributed by atoms with Gasteiger partial charge in [-0.2, -0.15) is 0 Å². The maximum atomic E-state index is 13.0. The Hall–Kier alpha value is -3.26. The molecule has 0 bridgehead atoms. The third-order valence-electron chi connectivity index (χ3n) is 3.77. The fraction of sp³-hybridized carbons (Fsp3) is 0.0526. The Balaban J connectivity index is 1.87. The third-order valence-corrected chi connectivity index (χ3v) is 5.15. The number of hydrogen-bond acceptors (Lipinski definition) is 4. The zero-order valence-corrected chi connectivity index (χ0v) is 15.1. The zero-order valence-electron chi connectivity index (χ0n) is 14.3. The van der Waals surface area contributed by atoms with Crippen molar-refractivity contribution in [3.63, 3.8) is 0 Å². The van der Waals surface area contributed by atoms with Gasteiger partial charge in [-0.1, -0.05) is 12.1 Å². The quantitative estimate of drug-likeness (QED) is 0.703. The third kappa shape index (κ3) is 4.48. The maximum absolute atomic E-state index is 13.0. The molecule has 2 aromatic carbocycles. The molecule has 3 rings (SSSR count). The van der Waals surface area contributed by atoms with Gasteiger partial charge in [0.25, 0.3) is 15.9 Å². The lowest BCUT2D eigenvalue weighted by molar-refractivity contribution is 0.102. The largest absolute Gasteiger partial charge is 0.307 e. The van der Waals surface area contributed by atoms with Gasteiger partial charge in [-0.05, 0) is 61.0 Å². The number of rotatable bonds is 5. The van der Waals surface area contributed by atoms with Crippen LogP contribution in [0.2, 0.25) is 0 Å². The fourth-order valence-corrected chi connectivity index (χ4v) is 3.45. The summed E-state index contributed by atoms with van der Waals surface area (Å²) in [4.78, 5) is 16.4. The first-order chi connectivity index (χ1) is 12.8. The monoisotopic (exact) mass is 385 g/mol. The standard InChI is InChI=1S/C19H16FN3O3S/c1-13-5-10-16(27(25,26)23-15-8-6-14(20)7-9-15)12-17(13)19(24)22-18-4-2-3-11-21-18/h2-12,23H,1H3,(H,21,22,24). The van der Waals surface area contributed by atoms with Crippen LogP contribution in [-0.2, 0) is 10.0 Å². The van der Waals surface area contributed by atoms with Crippen molar-refractivity contribution in [2.45, 2.75) is 11.8 Å². The van der Waals surface area contributed by atoms with Crippen LogP contribution in [0.5, 0.6) is 0 Å². The van der Waals surface area contributed by atoms with Gasteiger partial charge in [0.2, 0.25) is 0 Å². The normalized spacial score (nSPS) is 11.0. The van der Waals surface area contributed by atoms with Crippen molar-refractivity contribution in [3.8, 4) is 0 Å². The van der Waals surface area contributed by atoms with Gasteiger partial charge in [-0.3, -0.25) is 9.52 Å². The number of carbonyl (C=O) groups is 1. The highest BCUT2D eigenvalue weighted by Gasteiger charge is 2.18. The van der Waals surface area contributed by atoms with E-state index in [4.69, 9.17) is 0 Å². The molecule has 0 radical (unpaired) electrons. The van der Waals surface area contributed by atoms with Crippen LogP contribution < -0.4 is 10.0 Å².